The summed E-state index contributed by atoms with van der Waals surface area (Å²) in [4.78, 5) is 33.1. The van der Waals surface area contributed by atoms with Crippen molar-refractivity contribution >= 4 is 16.8 Å². The van der Waals surface area contributed by atoms with Crippen molar-refractivity contribution in [2.75, 3.05) is 0 Å². The molecule has 0 unspecified atom stereocenters. The highest BCUT2D eigenvalue weighted by Gasteiger charge is 2.46. The fourth-order valence-electron chi connectivity index (χ4n) is 8.33. The summed E-state index contributed by atoms with van der Waals surface area (Å²) >= 11 is 0. The molecular formula is C28H37N3O2. The first-order chi connectivity index (χ1) is 16.0. The van der Waals surface area contributed by atoms with Crippen LogP contribution in [0.4, 0.5) is 0 Å². The zero-order valence-corrected chi connectivity index (χ0v) is 20.1. The summed E-state index contributed by atoms with van der Waals surface area (Å²) in [6.07, 6.45) is 12.9. The van der Waals surface area contributed by atoms with Crippen LogP contribution >= 0.6 is 0 Å². The summed E-state index contributed by atoms with van der Waals surface area (Å²) in [7, 11) is 0. The van der Waals surface area contributed by atoms with E-state index in [9.17, 15) is 9.59 Å². The molecule has 7 atom stereocenters. The highest BCUT2D eigenvalue weighted by atomic mass is 16.1. The summed E-state index contributed by atoms with van der Waals surface area (Å²) in [6.45, 7) is 3.91. The molecule has 0 spiro atoms. The van der Waals surface area contributed by atoms with Gasteiger partial charge in [0.25, 0.3) is 5.56 Å². The van der Waals surface area contributed by atoms with Crippen molar-refractivity contribution in [3.63, 3.8) is 0 Å². The highest BCUT2D eigenvalue weighted by molar-refractivity contribution is 5.93. The van der Waals surface area contributed by atoms with Gasteiger partial charge < -0.3 is 4.57 Å². The molecule has 1 aromatic heterocycles. The molecule has 1 aromatic carbocycles. The average Bonchev–Trinajstić information content (AvgIpc) is 2.77. The van der Waals surface area contributed by atoms with Crippen LogP contribution in [0.1, 0.15) is 94.6 Å². The fraction of sp³-hybridized carbons (Fsp3) is 0.679. The Morgan fingerprint density at radius 3 is 2.21 bits per heavy atom. The number of hydrogen-bond donors (Lipinski definition) is 0. The lowest BCUT2D eigenvalue weighted by atomic mass is 9.65. The van der Waals surface area contributed by atoms with E-state index >= 15 is 0 Å². The maximum Gasteiger partial charge on any atom is 0.280 e. The predicted octanol–water partition coefficient (Wildman–Crippen LogP) is 5.37. The van der Waals surface area contributed by atoms with E-state index in [4.69, 9.17) is 0 Å². The zero-order valence-electron chi connectivity index (χ0n) is 20.1. The van der Waals surface area contributed by atoms with Gasteiger partial charge in [-0.3, -0.25) is 14.5 Å². The molecule has 2 aliphatic heterocycles. The molecule has 2 saturated heterocycles. The van der Waals surface area contributed by atoms with Gasteiger partial charge in [-0.05, 0) is 87.7 Å². The molecular weight excluding hydrogens is 410 g/mol. The van der Waals surface area contributed by atoms with Gasteiger partial charge in [-0.1, -0.05) is 25.5 Å². The molecule has 176 valence electrons. The number of benzene rings is 1. The highest BCUT2D eigenvalue weighted by Crippen LogP contribution is 2.48. The molecule has 6 rings (SSSR count). The molecule has 5 nitrogen and oxygen atoms in total. The van der Waals surface area contributed by atoms with Crippen molar-refractivity contribution in [1.29, 1.82) is 0 Å². The van der Waals surface area contributed by atoms with Crippen LogP contribution in [0.2, 0.25) is 0 Å². The van der Waals surface area contributed by atoms with Gasteiger partial charge in [0.1, 0.15) is 0 Å². The number of ketones is 1. The second kappa shape index (κ2) is 8.33. The molecule has 0 N–H and O–H groups in total. The van der Waals surface area contributed by atoms with Crippen molar-refractivity contribution in [3.8, 4) is 0 Å². The van der Waals surface area contributed by atoms with E-state index in [0.29, 0.717) is 12.1 Å². The van der Waals surface area contributed by atoms with Gasteiger partial charge in [0.05, 0.1) is 11.0 Å². The molecule has 4 aliphatic rings. The number of fused-ring (bicyclic) bond motifs is 5. The molecule has 5 heteroatoms. The molecule has 33 heavy (non-hydrogen) atoms. The van der Waals surface area contributed by atoms with Crippen LogP contribution in [0.5, 0.6) is 0 Å². The SMILES string of the molecule is CC(=O)c1nc2ccccc2n([C@H]2C[C@H]3CCC[C@@H](C2)N3[C@H]2C[C@@H]3C[C@@H](C)C[C@@H](C3)C2)c1=O. The fourth-order valence-corrected chi connectivity index (χ4v) is 8.33. The molecule has 0 radical (unpaired) electrons. The summed E-state index contributed by atoms with van der Waals surface area (Å²) in [5.74, 6) is 2.50. The molecule has 0 amide bonds. The average molecular weight is 448 g/mol. The Balaban J connectivity index is 1.33. The van der Waals surface area contributed by atoms with E-state index in [1.54, 1.807) is 0 Å². The quantitative estimate of drug-likeness (QED) is 0.594. The van der Waals surface area contributed by atoms with E-state index < -0.39 is 0 Å². The molecule has 2 aliphatic carbocycles. The van der Waals surface area contributed by atoms with E-state index in [2.05, 4.69) is 16.8 Å². The minimum Gasteiger partial charge on any atom is -0.302 e. The van der Waals surface area contributed by atoms with Crippen molar-refractivity contribution < 1.29 is 4.79 Å². The number of para-hydroxylation sites is 2. The first-order valence-corrected chi connectivity index (χ1v) is 13.3. The standard InChI is InChI=1S/C28H37N3O2/c1-17-10-19-12-20(11-17)14-23(13-19)30-21-6-5-7-22(30)16-24(15-21)31-26-9-4-3-8-25(26)29-27(18(2)32)28(31)33/h3-4,8-9,17,19-24H,5-7,10-16H2,1-2H3/t17-,19-,20+,21-,22+,23+,24+. The summed E-state index contributed by atoms with van der Waals surface area (Å²) in [5, 5.41) is 0. The molecule has 2 saturated carbocycles. The smallest absolute Gasteiger partial charge is 0.280 e. The van der Waals surface area contributed by atoms with Crippen molar-refractivity contribution in [2.24, 2.45) is 17.8 Å². The largest absolute Gasteiger partial charge is 0.302 e. The van der Waals surface area contributed by atoms with Crippen LogP contribution in [0.25, 0.3) is 11.0 Å². The monoisotopic (exact) mass is 447 g/mol. The maximum atomic E-state index is 13.5. The Labute approximate surface area is 196 Å². The van der Waals surface area contributed by atoms with Gasteiger partial charge in [-0.2, -0.15) is 0 Å². The number of piperidine rings is 2. The summed E-state index contributed by atoms with van der Waals surface area (Å²) < 4.78 is 1.94. The first-order valence-electron chi connectivity index (χ1n) is 13.3. The molecule has 4 fully saturated rings. The van der Waals surface area contributed by atoms with E-state index in [1.807, 2.05) is 28.8 Å². The normalized spacial score (nSPS) is 36.6. The van der Waals surface area contributed by atoms with Gasteiger partial charge in [-0.25, -0.2) is 4.98 Å². The van der Waals surface area contributed by atoms with Gasteiger partial charge in [-0.15, -0.1) is 0 Å². The van der Waals surface area contributed by atoms with Crippen LogP contribution in [-0.2, 0) is 0 Å². The van der Waals surface area contributed by atoms with Crippen LogP contribution in [0.3, 0.4) is 0 Å². The summed E-state index contributed by atoms with van der Waals surface area (Å²) in [6, 6.07) is 9.84. The van der Waals surface area contributed by atoms with Crippen LogP contribution in [-0.4, -0.2) is 38.4 Å². The minimum absolute atomic E-state index is 0.0931. The second-order valence-corrected chi connectivity index (χ2v) is 11.7. The van der Waals surface area contributed by atoms with E-state index in [0.717, 1.165) is 47.7 Å². The lowest BCUT2D eigenvalue weighted by Crippen LogP contribution is -2.59. The molecule has 4 bridgehead atoms. The maximum absolute atomic E-state index is 13.5. The predicted molar refractivity (Wildman–Crippen MR) is 131 cm³/mol. The van der Waals surface area contributed by atoms with Gasteiger partial charge in [0.2, 0.25) is 0 Å². The Morgan fingerprint density at radius 1 is 0.879 bits per heavy atom. The van der Waals surface area contributed by atoms with E-state index in [1.165, 1.54) is 58.3 Å². The summed E-state index contributed by atoms with van der Waals surface area (Å²) in [5.41, 5.74) is 1.53. The van der Waals surface area contributed by atoms with Gasteiger partial charge >= 0.3 is 0 Å². The zero-order chi connectivity index (χ0) is 22.7. The third-order valence-corrected chi connectivity index (χ3v) is 9.27. The lowest BCUT2D eigenvalue weighted by Gasteiger charge is -2.55. The van der Waals surface area contributed by atoms with Crippen molar-refractivity contribution in [3.05, 3.63) is 40.3 Å². The number of nitrogens with zero attached hydrogens (tertiary/aromatic N) is 3. The third kappa shape index (κ3) is 3.77. The number of Topliss-reactive ketones (excluding diaryl/α,β-unsaturated/α-hetero) is 1. The Kier molecular flexibility index (Phi) is 5.44. The van der Waals surface area contributed by atoms with Crippen LogP contribution in [0.15, 0.2) is 29.1 Å². The number of aromatic nitrogens is 2. The topological polar surface area (TPSA) is 55.2 Å². The van der Waals surface area contributed by atoms with Crippen molar-refractivity contribution in [1.82, 2.24) is 14.5 Å². The van der Waals surface area contributed by atoms with Crippen LogP contribution in [0, 0.1) is 17.8 Å². The Bertz CT molecular complexity index is 1090. The third-order valence-electron chi connectivity index (χ3n) is 9.27. The number of carbonyl (C=O) groups excluding carboxylic acids is 1. The van der Waals surface area contributed by atoms with E-state index in [-0.39, 0.29) is 23.1 Å². The Morgan fingerprint density at radius 2 is 1.55 bits per heavy atom. The molecule has 3 heterocycles. The van der Waals surface area contributed by atoms with Gasteiger partial charge in [0, 0.05) is 31.1 Å². The first kappa shape index (κ1) is 21.5. The molecule has 2 aromatic rings. The van der Waals surface area contributed by atoms with Gasteiger partial charge in [0.15, 0.2) is 11.5 Å². The number of hydrogen-bond acceptors (Lipinski definition) is 4. The lowest BCUT2D eigenvalue weighted by molar-refractivity contribution is -0.0524. The number of rotatable bonds is 3. The Hall–Kier alpha value is -2.01. The minimum atomic E-state index is -0.236. The van der Waals surface area contributed by atoms with Crippen molar-refractivity contribution in [2.45, 2.75) is 102 Å². The van der Waals surface area contributed by atoms with Crippen LogP contribution < -0.4 is 5.56 Å². The number of carbonyl (C=O) groups is 1. The second-order valence-electron chi connectivity index (χ2n) is 11.7.